The van der Waals surface area contributed by atoms with E-state index in [1.807, 2.05) is 24.3 Å². The summed E-state index contributed by atoms with van der Waals surface area (Å²) in [6.07, 6.45) is 1.59. The molecule has 0 aliphatic carbocycles. The van der Waals surface area contributed by atoms with Crippen molar-refractivity contribution in [2.24, 2.45) is 0 Å². The summed E-state index contributed by atoms with van der Waals surface area (Å²) in [5.41, 5.74) is 2.65. The average Bonchev–Trinajstić information content (AvgIpc) is 2.89. The van der Waals surface area contributed by atoms with Gasteiger partial charge in [0.05, 0.1) is 21.7 Å². The maximum absolute atomic E-state index is 9.05. The Bertz CT molecular complexity index is 866. The zero-order chi connectivity index (χ0) is 17.1. The maximum atomic E-state index is 9.05. The van der Waals surface area contributed by atoms with E-state index in [4.69, 9.17) is 28.3 Å². The first-order chi connectivity index (χ1) is 11.6. The first-order valence-electron chi connectivity index (χ1n) is 7.58. The summed E-state index contributed by atoms with van der Waals surface area (Å²) in [5.74, 6) is 0.707. The Labute approximate surface area is 158 Å². The highest BCUT2D eigenvalue weighted by Gasteiger charge is 2.14. The van der Waals surface area contributed by atoms with Gasteiger partial charge in [0.25, 0.3) is 0 Å². The third-order valence-electron chi connectivity index (χ3n) is 3.68. The average molecular weight is 429 g/mol. The van der Waals surface area contributed by atoms with Gasteiger partial charge in [-0.05, 0) is 59.1 Å². The standard InChI is InChI=1S/C17H16BrCl2N3O/c18-12-4-3-5-15-16(12)23(8-1-2-9-24)17(22-15)21-14-7-6-11(19)10-13(14)20/h3-7,10,24H,1-2,8-9H2,(H,21,22). The fourth-order valence-electron chi connectivity index (χ4n) is 2.55. The molecule has 3 rings (SSSR count). The molecule has 0 bridgehead atoms. The lowest BCUT2D eigenvalue weighted by Gasteiger charge is -2.12. The van der Waals surface area contributed by atoms with Crippen LogP contribution in [0.25, 0.3) is 11.0 Å². The predicted octanol–water partition coefficient (Wildman–Crippen LogP) is 5.62. The van der Waals surface area contributed by atoms with Crippen molar-refractivity contribution in [1.82, 2.24) is 9.55 Å². The first kappa shape index (κ1) is 17.5. The van der Waals surface area contributed by atoms with E-state index in [1.54, 1.807) is 12.1 Å². The van der Waals surface area contributed by atoms with Crippen molar-refractivity contribution in [1.29, 1.82) is 0 Å². The molecule has 0 fully saturated rings. The number of anilines is 2. The number of hydrogen-bond donors (Lipinski definition) is 2. The van der Waals surface area contributed by atoms with Crippen LogP contribution in [-0.4, -0.2) is 21.3 Å². The van der Waals surface area contributed by atoms with E-state index in [0.717, 1.165) is 40.6 Å². The summed E-state index contributed by atoms with van der Waals surface area (Å²) in [5, 5.41) is 13.5. The van der Waals surface area contributed by atoms with Crippen LogP contribution in [0.1, 0.15) is 12.8 Å². The van der Waals surface area contributed by atoms with Gasteiger partial charge in [0.15, 0.2) is 0 Å². The quantitative estimate of drug-likeness (QED) is 0.500. The molecule has 1 aromatic heterocycles. The lowest BCUT2D eigenvalue weighted by Crippen LogP contribution is -2.05. The zero-order valence-corrected chi connectivity index (χ0v) is 15.9. The second-order valence-corrected chi connectivity index (χ2v) is 7.07. The van der Waals surface area contributed by atoms with Gasteiger partial charge in [0.1, 0.15) is 0 Å². The van der Waals surface area contributed by atoms with Crippen molar-refractivity contribution < 1.29 is 5.11 Å². The molecular formula is C17H16BrCl2N3O. The summed E-state index contributed by atoms with van der Waals surface area (Å²) < 4.78 is 3.08. The third kappa shape index (κ3) is 3.70. The minimum atomic E-state index is 0.180. The molecule has 2 N–H and O–H groups in total. The highest BCUT2D eigenvalue weighted by atomic mass is 79.9. The summed E-state index contributed by atoms with van der Waals surface area (Å²) in [4.78, 5) is 4.68. The normalized spacial score (nSPS) is 11.2. The molecule has 0 saturated carbocycles. The summed E-state index contributed by atoms with van der Waals surface area (Å²) in [7, 11) is 0. The maximum Gasteiger partial charge on any atom is 0.208 e. The SMILES string of the molecule is OCCCCn1c(Nc2ccc(Cl)cc2Cl)nc2cccc(Br)c21. The summed E-state index contributed by atoms with van der Waals surface area (Å²) >= 11 is 15.8. The van der Waals surface area contributed by atoms with Crippen molar-refractivity contribution in [3.05, 3.63) is 50.9 Å². The smallest absolute Gasteiger partial charge is 0.208 e. The van der Waals surface area contributed by atoms with Crippen molar-refractivity contribution in [2.75, 3.05) is 11.9 Å². The van der Waals surface area contributed by atoms with E-state index in [2.05, 4.69) is 30.8 Å². The van der Waals surface area contributed by atoms with Crippen LogP contribution in [0.4, 0.5) is 11.6 Å². The van der Waals surface area contributed by atoms with Crippen LogP contribution in [0, 0.1) is 0 Å². The van der Waals surface area contributed by atoms with E-state index in [9.17, 15) is 0 Å². The number of hydrogen-bond acceptors (Lipinski definition) is 3. The molecular weight excluding hydrogens is 413 g/mol. The molecule has 24 heavy (non-hydrogen) atoms. The van der Waals surface area contributed by atoms with E-state index >= 15 is 0 Å². The van der Waals surface area contributed by atoms with Crippen molar-refractivity contribution in [3.8, 4) is 0 Å². The number of fused-ring (bicyclic) bond motifs is 1. The predicted molar refractivity (Wildman–Crippen MR) is 103 cm³/mol. The zero-order valence-electron chi connectivity index (χ0n) is 12.8. The van der Waals surface area contributed by atoms with Crippen LogP contribution in [0.15, 0.2) is 40.9 Å². The van der Waals surface area contributed by atoms with Crippen LogP contribution in [-0.2, 0) is 6.54 Å². The van der Waals surface area contributed by atoms with Gasteiger partial charge in [-0.25, -0.2) is 4.98 Å². The van der Waals surface area contributed by atoms with Crippen LogP contribution >= 0.6 is 39.1 Å². The number of aryl methyl sites for hydroxylation is 1. The Morgan fingerprint density at radius 2 is 2.00 bits per heavy atom. The summed E-state index contributed by atoms with van der Waals surface area (Å²) in [6, 6.07) is 11.2. The lowest BCUT2D eigenvalue weighted by atomic mass is 10.3. The van der Waals surface area contributed by atoms with Gasteiger partial charge in [0.2, 0.25) is 5.95 Å². The van der Waals surface area contributed by atoms with Gasteiger partial charge in [-0.1, -0.05) is 29.3 Å². The number of aliphatic hydroxyl groups is 1. The molecule has 0 spiro atoms. The van der Waals surface area contributed by atoms with Crippen molar-refractivity contribution in [3.63, 3.8) is 0 Å². The van der Waals surface area contributed by atoms with Gasteiger partial charge >= 0.3 is 0 Å². The van der Waals surface area contributed by atoms with E-state index < -0.39 is 0 Å². The number of unbranched alkanes of at least 4 members (excludes halogenated alkanes) is 1. The second kappa shape index (κ2) is 7.74. The van der Waals surface area contributed by atoms with Gasteiger partial charge in [-0.2, -0.15) is 0 Å². The third-order valence-corrected chi connectivity index (χ3v) is 4.87. The fourth-order valence-corrected chi connectivity index (χ4v) is 3.57. The van der Waals surface area contributed by atoms with Crippen LogP contribution < -0.4 is 5.32 Å². The number of halogens is 3. The Morgan fingerprint density at radius 1 is 1.17 bits per heavy atom. The molecule has 126 valence electrons. The van der Waals surface area contributed by atoms with Gasteiger partial charge < -0.3 is 15.0 Å². The number of nitrogens with zero attached hydrogens (tertiary/aromatic N) is 2. The number of rotatable bonds is 6. The molecule has 2 aromatic carbocycles. The Hall–Kier alpha value is -1.27. The molecule has 0 atom stereocenters. The number of imidazole rings is 1. The molecule has 0 radical (unpaired) electrons. The van der Waals surface area contributed by atoms with Gasteiger partial charge in [0, 0.05) is 22.6 Å². The highest BCUT2D eigenvalue weighted by Crippen LogP contribution is 2.32. The van der Waals surface area contributed by atoms with Crippen LogP contribution in [0.3, 0.4) is 0 Å². The molecule has 4 nitrogen and oxygen atoms in total. The molecule has 0 aliphatic rings. The van der Waals surface area contributed by atoms with Crippen molar-refractivity contribution >= 4 is 61.8 Å². The van der Waals surface area contributed by atoms with Gasteiger partial charge in [-0.15, -0.1) is 0 Å². The number of aromatic nitrogens is 2. The lowest BCUT2D eigenvalue weighted by molar-refractivity contribution is 0.281. The van der Waals surface area contributed by atoms with E-state index in [-0.39, 0.29) is 6.61 Å². The Morgan fingerprint density at radius 3 is 2.75 bits per heavy atom. The Balaban J connectivity index is 2.02. The number of para-hydroxylation sites is 1. The molecule has 0 aliphatic heterocycles. The van der Waals surface area contributed by atoms with Gasteiger partial charge in [-0.3, -0.25) is 0 Å². The number of benzene rings is 2. The molecule has 3 aromatic rings. The van der Waals surface area contributed by atoms with Crippen LogP contribution in [0.5, 0.6) is 0 Å². The first-order valence-corrected chi connectivity index (χ1v) is 9.12. The molecule has 0 amide bonds. The monoisotopic (exact) mass is 427 g/mol. The van der Waals surface area contributed by atoms with E-state index in [0.29, 0.717) is 16.0 Å². The fraction of sp³-hybridized carbons (Fsp3) is 0.235. The second-order valence-electron chi connectivity index (χ2n) is 5.37. The topological polar surface area (TPSA) is 50.1 Å². The number of nitrogens with one attached hydrogen (secondary N) is 1. The van der Waals surface area contributed by atoms with Crippen LogP contribution in [0.2, 0.25) is 10.0 Å². The summed E-state index contributed by atoms with van der Waals surface area (Å²) in [6.45, 7) is 0.923. The minimum absolute atomic E-state index is 0.180. The number of aliphatic hydroxyl groups excluding tert-OH is 1. The van der Waals surface area contributed by atoms with E-state index in [1.165, 1.54) is 0 Å². The Kier molecular flexibility index (Phi) is 5.66. The molecule has 0 unspecified atom stereocenters. The molecule has 0 saturated heterocycles. The van der Waals surface area contributed by atoms with Crippen molar-refractivity contribution in [2.45, 2.75) is 19.4 Å². The molecule has 7 heteroatoms. The largest absolute Gasteiger partial charge is 0.396 e. The molecule has 1 heterocycles. The highest BCUT2D eigenvalue weighted by molar-refractivity contribution is 9.10. The minimum Gasteiger partial charge on any atom is -0.396 e.